The molecule has 1 aromatic rings. The Labute approximate surface area is 74.4 Å². The summed E-state index contributed by atoms with van der Waals surface area (Å²) in [7, 11) is 0. The number of azide groups is 1. The zero-order valence-corrected chi connectivity index (χ0v) is 6.68. The third-order valence-corrected chi connectivity index (χ3v) is 1.10. The first-order valence-electron chi connectivity index (χ1n) is 3.41. The van der Waals surface area contributed by atoms with Gasteiger partial charge in [-0.25, -0.2) is 9.97 Å². The van der Waals surface area contributed by atoms with Gasteiger partial charge in [-0.1, -0.05) is 11.0 Å². The van der Waals surface area contributed by atoms with Gasteiger partial charge in [0.05, 0.1) is 6.54 Å². The average molecular weight is 174 g/mol. The van der Waals surface area contributed by atoms with Gasteiger partial charge in [-0.15, -0.1) is 0 Å². The summed E-state index contributed by atoms with van der Waals surface area (Å²) in [6, 6.07) is 1.62. The molecule has 1 heterocycles. The minimum absolute atomic E-state index is 0.125. The van der Waals surface area contributed by atoms with E-state index in [1.807, 2.05) is 0 Å². The van der Waals surface area contributed by atoms with Crippen LogP contribution in [-0.4, -0.2) is 16.5 Å². The molecule has 0 aliphatic rings. The van der Waals surface area contributed by atoms with Crippen LogP contribution in [0.1, 0.15) is 5.69 Å². The number of rotatable bonds is 1. The van der Waals surface area contributed by atoms with Crippen molar-refractivity contribution >= 4 is 5.95 Å². The molecule has 0 aliphatic heterocycles. The Bertz CT molecular complexity index is 395. The number of nitrogens with two attached hydrogens (primary N) is 1. The van der Waals surface area contributed by atoms with Gasteiger partial charge in [-0.3, -0.25) is 0 Å². The Kier molecular flexibility index (Phi) is 3.12. The molecule has 0 aliphatic carbocycles. The van der Waals surface area contributed by atoms with Crippen molar-refractivity contribution in [3.63, 3.8) is 0 Å². The average Bonchev–Trinajstić information content (AvgIpc) is 2.13. The lowest BCUT2D eigenvalue weighted by atomic mass is 10.4. The summed E-state index contributed by atoms with van der Waals surface area (Å²) in [5, 5.41) is 3.24. The number of nitrogen functional groups attached to an aromatic ring is 1. The smallest absolute Gasteiger partial charge is 0.221 e. The van der Waals surface area contributed by atoms with Crippen LogP contribution >= 0.6 is 0 Å². The van der Waals surface area contributed by atoms with Crippen LogP contribution in [0.2, 0.25) is 0 Å². The molecular formula is C7H6N6. The van der Waals surface area contributed by atoms with Gasteiger partial charge < -0.3 is 5.73 Å². The second-order valence-corrected chi connectivity index (χ2v) is 1.99. The van der Waals surface area contributed by atoms with Crippen LogP contribution in [0.15, 0.2) is 17.4 Å². The number of nitrogens with zero attached hydrogens (tertiary/aromatic N) is 5. The minimum atomic E-state index is 0.125. The highest BCUT2D eigenvalue weighted by atomic mass is 15.1. The largest absolute Gasteiger partial charge is 0.368 e. The normalized spacial score (nSPS) is 8.00. The van der Waals surface area contributed by atoms with Crippen LogP contribution in [0.5, 0.6) is 0 Å². The Morgan fingerprint density at radius 3 is 3.23 bits per heavy atom. The topological polar surface area (TPSA) is 101 Å². The Hall–Kier alpha value is -2.25. The van der Waals surface area contributed by atoms with E-state index in [0.29, 0.717) is 5.69 Å². The molecule has 0 bridgehead atoms. The minimum Gasteiger partial charge on any atom is -0.368 e. The lowest BCUT2D eigenvalue weighted by Crippen LogP contribution is -1.95. The third-order valence-electron chi connectivity index (χ3n) is 1.10. The van der Waals surface area contributed by atoms with Crippen molar-refractivity contribution in [2.75, 3.05) is 12.3 Å². The molecule has 0 spiro atoms. The van der Waals surface area contributed by atoms with E-state index < -0.39 is 0 Å². The molecule has 0 amide bonds. The van der Waals surface area contributed by atoms with Crippen molar-refractivity contribution in [1.29, 1.82) is 0 Å². The highest BCUT2D eigenvalue weighted by molar-refractivity contribution is 5.30. The van der Waals surface area contributed by atoms with Gasteiger partial charge in [0.15, 0.2) is 0 Å². The predicted octanol–water partition coefficient (Wildman–Crippen LogP) is 0.721. The van der Waals surface area contributed by atoms with Gasteiger partial charge in [0.25, 0.3) is 0 Å². The van der Waals surface area contributed by atoms with Crippen molar-refractivity contribution < 1.29 is 0 Å². The first kappa shape index (κ1) is 8.84. The van der Waals surface area contributed by atoms with Crippen molar-refractivity contribution in [1.82, 2.24) is 9.97 Å². The molecule has 2 N–H and O–H groups in total. The summed E-state index contributed by atoms with van der Waals surface area (Å²) in [6.07, 6.45) is 1.51. The lowest BCUT2D eigenvalue weighted by Gasteiger charge is -1.89. The molecule has 13 heavy (non-hydrogen) atoms. The maximum Gasteiger partial charge on any atom is 0.221 e. The number of hydrogen-bond donors (Lipinski definition) is 1. The van der Waals surface area contributed by atoms with Crippen LogP contribution in [0, 0.1) is 11.8 Å². The van der Waals surface area contributed by atoms with E-state index in [1.54, 1.807) is 6.07 Å². The van der Waals surface area contributed by atoms with Gasteiger partial charge in [0.2, 0.25) is 5.95 Å². The fourth-order valence-electron chi connectivity index (χ4n) is 0.640. The van der Waals surface area contributed by atoms with E-state index in [9.17, 15) is 0 Å². The highest BCUT2D eigenvalue weighted by Crippen LogP contribution is 1.92. The predicted molar refractivity (Wildman–Crippen MR) is 47.3 cm³/mol. The lowest BCUT2D eigenvalue weighted by molar-refractivity contribution is 1.16. The van der Waals surface area contributed by atoms with E-state index in [4.69, 9.17) is 11.3 Å². The second kappa shape index (κ2) is 4.59. The van der Waals surface area contributed by atoms with Gasteiger partial charge >= 0.3 is 0 Å². The Balaban J connectivity index is 2.71. The van der Waals surface area contributed by atoms with Gasteiger partial charge in [-0.2, -0.15) is 0 Å². The Morgan fingerprint density at radius 2 is 2.54 bits per heavy atom. The van der Waals surface area contributed by atoms with E-state index in [1.165, 1.54) is 6.20 Å². The molecule has 64 valence electrons. The first-order chi connectivity index (χ1) is 6.33. The van der Waals surface area contributed by atoms with E-state index in [2.05, 4.69) is 31.8 Å². The molecule has 1 aromatic heterocycles. The third kappa shape index (κ3) is 3.10. The second-order valence-electron chi connectivity index (χ2n) is 1.99. The van der Waals surface area contributed by atoms with Gasteiger partial charge in [-0.05, 0) is 17.5 Å². The molecule has 6 nitrogen and oxygen atoms in total. The zero-order chi connectivity index (χ0) is 9.52. The summed E-state index contributed by atoms with van der Waals surface area (Å²) < 4.78 is 0. The molecule has 0 aromatic carbocycles. The quantitative estimate of drug-likeness (QED) is 0.293. The van der Waals surface area contributed by atoms with Crippen molar-refractivity contribution in [2.24, 2.45) is 5.11 Å². The molecule has 6 heteroatoms. The van der Waals surface area contributed by atoms with E-state index >= 15 is 0 Å². The number of aromatic nitrogens is 2. The fourth-order valence-corrected chi connectivity index (χ4v) is 0.640. The summed E-state index contributed by atoms with van der Waals surface area (Å²) in [5.74, 6) is 5.46. The fraction of sp³-hybridized carbons (Fsp3) is 0.143. The summed E-state index contributed by atoms with van der Waals surface area (Å²) in [4.78, 5) is 10.1. The highest BCUT2D eigenvalue weighted by Gasteiger charge is 1.88. The van der Waals surface area contributed by atoms with Crippen LogP contribution in [-0.2, 0) is 0 Å². The van der Waals surface area contributed by atoms with Gasteiger partial charge in [0, 0.05) is 11.1 Å². The molecule has 1 rings (SSSR count). The summed E-state index contributed by atoms with van der Waals surface area (Å²) in [6.45, 7) is 0.125. The van der Waals surface area contributed by atoms with Crippen molar-refractivity contribution in [3.8, 4) is 11.8 Å². The van der Waals surface area contributed by atoms with Crippen LogP contribution in [0.3, 0.4) is 0 Å². The SMILES string of the molecule is [N-]=[N+]=NCC#Cc1ccnc(N)n1. The summed E-state index contributed by atoms with van der Waals surface area (Å²) >= 11 is 0. The van der Waals surface area contributed by atoms with Crippen LogP contribution < -0.4 is 5.73 Å². The molecule has 0 atom stereocenters. The monoisotopic (exact) mass is 174 g/mol. The zero-order valence-electron chi connectivity index (χ0n) is 6.68. The van der Waals surface area contributed by atoms with Crippen molar-refractivity contribution in [3.05, 3.63) is 28.4 Å². The van der Waals surface area contributed by atoms with Crippen LogP contribution in [0.25, 0.3) is 10.4 Å². The molecule has 0 radical (unpaired) electrons. The molecule has 0 fully saturated rings. The molecule has 0 unspecified atom stereocenters. The first-order valence-corrected chi connectivity index (χ1v) is 3.41. The molecule has 0 saturated carbocycles. The maximum atomic E-state index is 7.95. The maximum absolute atomic E-state index is 7.95. The Morgan fingerprint density at radius 1 is 1.69 bits per heavy atom. The standard InChI is InChI=1S/C7H6N6/c8-7-10-5-3-6(12-7)2-1-4-11-13-9/h3,5H,4H2,(H2,8,10,12). The number of anilines is 1. The van der Waals surface area contributed by atoms with Crippen molar-refractivity contribution in [2.45, 2.75) is 0 Å². The number of hydrogen-bond acceptors (Lipinski definition) is 4. The van der Waals surface area contributed by atoms with Crippen LogP contribution in [0.4, 0.5) is 5.95 Å². The van der Waals surface area contributed by atoms with Gasteiger partial charge in [0.1, 0.15) is 5.69 Å². The molecule has 0 saturated heterocycles. The summed E-state index contributed by atoms with van der Waals surface area (Å²) in [5.41, 5.74) is 13.8. The molecular weight excluding hydrogens is 168 g/mol. The van der Waals surface area contributed by atoms with E-state index in [-0.39, 0.29) is 12.5 Å². The van der Waals surface area contributed by atoms with E-state index in [0.717, 1.165) is 0 Å².